The highest BCUT2D eigenvalue weighted by atomic mass is 16.5. The van der Waals surface area contributed by atoms with Gasteiger partial charge in [0.15, 0.2) is 5.75 Å². The Balaban J connectivity index is 2.30. The van der Waals surface area contributed by atoms with Gasteiger partial charge >= 0.3 is 0 Å². The monoisotopic (exact) mass is 238 g/mol. The van der Waals surface area contributed by atoms with Crippen LogP contribution in [-0.4, -0.2) is 0 Å². The van der Waals surface area contributed by atoms with Gasteiger partial charge in [0.25, 0.3) is 0 Å². The van der Waals surface area contributed by atoms with Crippen LogP contribution < -0.4 is 10.5 Å². The second-order valence-electron chi connectivity index (χ2n) is 4.06. The van der Waals surface area contributed by atoms with Crippen molar-refractivity contribution in [3.63, 3.8) is 0 Å². The van der Waals surface area contributed by atoms with Crippen LogP contribution in [0.25, 0.3) is 0 Å². The summed E-state index contributed by atoms with van der Waals surface area (Å²) >= 11 is 0. The number of nitrogen functional groups attached to an aromatic ring is 1. The molecule has 18 heavy (non-hydrogen) atoms. The molecule has 0 fully saturated rings. The number of ether oxygens (including phenoxy) is 1. The maximum absolute atomic E-state index is 8.92. The summed E-state index contributed by atoms with van der Waals surface area (Å²) in [5, 5.41) is 8.92. The molecule has 2 aromatic rings. The topological polar surface area (TPSA) is 59.0 Å². The second-order valence-corrected chi connectivity index (χ2v) is 4.06. The average molecular weight is 238 g/mol. The molecule has 0 heterocycles. The van der Waals surface area contributed by atoms with E-state index >= 15 is 0 Å². The van der Waals surface area contributed by atoms with Crippen LogP contribution in [0.4, 0.5) is 5.69 Å². The fourth-order valence-electron chi connectivity index (χ4n) is 1.60. The van der Waals surface area contributed by atoms with Gasteiger partial charge in [-0.1, -0.05) is 24.3 Å². The van der Waals surface area contributed by atoms with E-state index in [0.29, 0.717) is 11.4 Å². The molecule has 0 aliphatic heterocycles. The molecule has 0 saturated carbocycles. The molecular weight excluding hydrogens is 224 g/mol. The van der Waals surface area contributed by atoms with Crippen molar-refractivity contribution in [2.45, 2.75) is 12.8 Å². The highest BCUT2D eigenvalue weighted by molar-refractivity contribution is 5.56. The summed E-state index contributed by atoms with van der Waals surface area (Å²) in [6.45, 7) is 1.85. The van der Waals surface area contributed by atoms with Crippen molar-refractivity contribution in [2.24, 2.45) is 0 Å². The van der Waals surface area contributed by atoms with Crippen LogP contribution in [0.3, 0.4) is 0 Å². The van der Waals surface area contributed by atoms with E-state index in [-0.39, 0.29) is 5.92 Å². The van der Waals surface area contributed by atoms with Gasteiger partial charge in [0.2, 0.25) is 0 Å². The molecule has 0 aliphatic rings. The molecule has 1 unspecified atom stereocenters. The van der Waals surface area contributed by atoms with E-state index in [9.17, 15) is 0 Å². The summed E-state index contributed by atoms with van der Waals surface area (Å²) in [7, 11) is 0. The van der Waals surface area contributed by atoms with Crippen molar-refractivity contribution in [3.05, 3.63) is 54.1 Å². The number of benzene rings is 2. The molecule has 2 rings (SSSR count). The van der Waals surface area contributed by atoms with Crippen LogP contribution in [0.5, 0.6) is 11.5 Å². The zero-order valence-corrected chi connectivity index (χ0v) is 10.1. The zero-order valence-electron chi connectivity index (χ0n) is 10.1. The molecule has 3 nitrogen and oxygen atoms in total. The molecular formula is C15H14N2O. The number of nitrogens with zero attached hydrogens (tertiary/aromatic N) is 1. The number of anilines is 1. The Morgan fingerprint density at radius 1 is 1.17 bits per heavy atom. The van der Waals surface area contributed by atoms with Crippen molar-refractivity contribution in [3.8, 4) is 17.6 Å². The fourth-order valence-corrected chi connectivity index (χ4v) is 1.60. The van der Waals surface area contributed by atoms with E-state index in [4.69, 9.17) is 15.7 Å². The Kier molecular flexibility index (Phi) is 3.49. The van der Waals surface area contributed by atoms with Crippen LogP contribution in [-0.2, 0) is 0 Å². The quantitative estimate of drug-likeness (QED) is 0.829. The fraction of sp³-hybridized carbons (Fsp3) is 0.133. The lowest BCUT2D eigenvalue weighted by Gasteiger charge is -2.11. The van der Waals surface area contributed by atoms with Gasteiger partial charge in [0, 0.05) is 0 Å². The van der Waals surface area contributed by atoms with E-state index in [1.54, 1.807) is 6.07 Å². The molecule has 0 aromatic heterocycles. The number of para-hydroxylation sites is 1. The summed E-state index contributed by atoms with van der Waals surface area (Å²) in [5.74, 6) is 1.13. The Labute approximate surface area is 106 Å². The van der Waals surface area contributed by atoms with E-state index in [1.165, 1.54) is 0 Å². The van der Waals surface area contributed by atoms with Gasteiger partial charge in [-0.3, -0.25) is 0 Å². The minimum atomic E-state index is -0.177. The van der Waals surface area contributed by atoms with Crippen LogP contribution in [0, 0.1) is 11.3 Å². The predicted molar refractivity (Wildman–Crippen MR) is 71.4 cm³/mol. The molecule has 2 aromatic carbocycles. The lowest BCUT2D eigenvalue weighted by atomic mass is 10.0. The summed E-state index contributed by atoms with van der Waals surface area (Å²) < 4.78 is 5.71. The van der Waals surface area contributed by atoms with Crippen molar-refractivity contribution < 1.29 is 4.74 Å². The summed E-state index contributed by atoms with van der Waals surface area (Å²) in [4.78, 5) is 0. The lowest BCUT2D eigenvalue weighted by molar-refractivity contribution is 0.484. The third kappa shape index (κ3) is 2.61. The van der Waals surface area contributed by atoms with Gasteiger partial charge in [-0.05, 0) is 36.8 Å². The molecule has 90 valence electrons. The Bertz CT molecular complexity index is 573. The summed E-state index contributed by atoms with van der Waals surface area (Å²) in [6.07, 6.45) is 0. The lowest BCUT2D eigenvalue weighted by Crippen LogP contribution is -1.96. The predicted octanol–water partition coefficient (Wildman–Crippen LogP) is 3.69. The van der Waals surface area contributed by atoms with Crippen LogP contribution >= 0.6 is 0 Å². The molecule has 0 amide bonds. The van der Waals surface area contributed by atoms with Gasteiger partial charge in [-0.15, -0.1) is 0 Å². The van der Waals surface area contributed by atoms with Crippen LogP contribution in [0.15, 0.2) is 48.5 Å². The van der Waals surface area contributed by atoms with Gasteiger partial charge < -0.3 is 10.5 Å². The van der Waals surface area contributed by atoms with Crippen molar-refractivity contribution in [1.82, 2.24) is 0 Å². The van der Waals surface area contributed by atoms with Gasteiger partial charge in [-0.2, -0.15) is 5.26 Å². The molecule has 3 heteroatoms. The Morgan fingerprint density at radius 2 is 1.89 bits per heavy atom. The number of nitriles is 1. The number of rotatable bonds is 3. The summed E-state index contributed by atoms with van der Waals surface area (Å²) in [6, 6.07) is 17.1. The molecule has 0 spiro atoms. The number of hydrogen-bond donors (Lipinski definition) is 1. The number of nitrogens with two attached hydrogens (primary N) is 1. The van der Waals surface area contributed by atoms with Gasteiger partial charge in [-0.25, -0.2) is 0 Å². The van der Waals surface area contributed by atoms with Gasteiger partial charge in [0.05, 0.1) is 17.7 Å². The minimum absolute atomic E-state index is 0.177. The SMILES string of the molecule is CC(C#N)c1ccc(N)c(Oc2ccccc2)c1. The summed E-state index contributed by atoms with van der Waals surface area (Å²) in [5.41, 5.74) is 7.33. The Hall–Kier alpha value is -2.47. The first kappa shape index (κ1) is 12.0. The molecule has 1 atom stereocenters. The first-order valence-corrected chi connectivity index (χ1v) is 5.72. The third-order valence-corrected chi connectivity index (χ3v) is 2.70. The molecule has 0 saturated heterocycles. The standard InChI is InChI=1S/C15H14N2O/c1-11(10-16)12-7-8-14(17)15(9-12)18-13-5-3-2-4-6-13/h2-9,11H,17H2,1H3. The maximum atomic E-state index is 8.92. The second kappa shape index (κ2) is 5.24. The van der Waals surface area contributed by atoms with E-state index in [2.05, 4.69) is 6.07 Å². The van der Waals surface area contributed by atoms with Crippen LogP contribution in [0.2, 0.25) is 0 Å². The zero-order chi connectivity index (χ0) is 13.0. The number of hydrogen-bond acceptors (Lipinski definition) is 3. The first-order chi connectivity index (χ1) is 8.70. The minimum Gasteiger partial charge on any atom is -0.455 e. The normalized spacial score (nSPS) is 11.6. The third-order valence-electron chi connectivity index (χ3n) is 2.70. The van der Waals surface area contributed by atoms with Gasteiger partial charge in [0.1, 0.15) is 5.75 Å². The molecule has 0 aliphatic carbocycles. The highest BCUT2D eigenvalue weighted by Gasteiger charge is 2.08. The van der Waals surface area contributed by atoms with E-state index < -0.39 is 0 Å². The molecule has 2 N–H and O–H groups in total. The Morgan fingerprint density at radius 3 is 2.56 bits per heavy atom. The maximum Gasteiger partial charge on any atom is 0.150 e. The van der Waals surface area contributed by atoms with Crippen molar-refractivity contribution in [2.75, 3.05) is 5.73 Å². The largest absolute Gasteiger partial charge is 0.455 e. The van der Waals surface area contributed by atoms with E-state index in [1.807, 2.05) is 49.4 Å². The first-order valence-electron chi connectivity index (χ1n) is 5.72. The van der Waals surface area contributed by atoms with Crippen LogP contribution in [0.1, 0.15) is 18.4 Å². The van der Waals surface area contributed by atoms with E-state index in [0.717, 1.165) is 11.3 Å². The highest BCUT2D eigenvalue weighted by Crippen LogP contribution is 2.30. The average Bonchev–Trinajstić information content (AvgIpc) is 2.41. The molecule has 0 bridgehead atoms. The smallest absolute Gasteiger partial charge is 0.150 e. The van der Waals surface area contributed by atoms with Crippen molar-refractivity contribution >= 4 is 5.69 Å². The van der Waals surface area contributed by atoms with Crippen molar-refractivity contribution in [1.29, 1.82) is 5.26 Å². The molecule has 0 radical (unpaired) electrons.